The summed E-state index contributed by atoms with van der Waals surface area (Å²) in [6, 6.07) is 6.62. The van der Waals surface area contributed by atoms with E-state index in [1.54, 1.807) is 30.5 Å². The Morgan fingerprint density at radius 3 is 2.67 bits per heavy atom. The molecule has 92 valence electrons. The van der Waals surface area contributed by atoms with E-state index in [4.69, 9.17) is 23.2 Å². The molecule has 0 saturated carbocycles. The first-order valence-corrected chi connectivity index (χ1v) is 6.49. The van der Waals surface area contributed by atoms with Crippen molar-refractivity contribution in [1.29, 1.82) is 0 Å². The van der Waals surface area contributed by atoms with Gasteiger partial charge in [0.2, 0.25) is 0 Å². The second-order valence-corrected chi connectivity index (χ2v) is 5.16. The molecule has 2 aromatic rings. The Labute approximate surface area is 122 Å². The van der Waals surface area contributed by atoms with Gasteiger partial charge in [0.1, 0.15) is 0 Å². The van der Waals surface area contributed by atoms with Gasteiger partial charge in [-0.1, -0.05) is 39.1 Å². The van der Waals surface area contributed by atoms with Crippen LogP contribution >= 0.6 is 39.1 Å². The van der Waals surface area contributed by atoms with E-state index < -0.39 is 0 Å². The third-order valence-electron chi connectivity index (χ3n) is 2.19. The third kappa shape index (κ3) is 3.02. The number of amides is 1. The minimum atomic E-state index is -0.331. The Hall–Kier alpha value is -1.10. The van der Waals surface area contributed by atoms with Crippen LogP contribution in [0.15, 0.2) is 41.1 Å². The standard InChI is InChI=1S/C12H7BrCl2N2O/c13-7-1-2-8(10(15)5-7)12(18)17-11-6-16-4-3-9(11)14/h1-6H,(H,17,18). The number of hydrogen-bond acceptors (Lipinski definition) is 2. The second-order valence-electron chi connectivity index (χ2n) is 3.43. The number of nitrogens with zero attached hydrogens (tertiary/aromatic N) is 1. The summed E-state index contributed by atoms with van der Waals surface area (Å²) in [5.41, 5.74) is 0.822. The van der Waals surface area contributed by atoms with Crippen molar-refractivity contribution < 1.29 is 4.79 Å². The molecule has 1 aromatic heterocycles. The smallest absolute Gasteiger partial charge is 0.257 e. The zero-order valence-electron chi connectivity index (χ0n) is 8.95. The van der Waals surface area contributed by atoms with E-state index in [0.717, 1.165) is 4.47 Å². The lowest BCUT2D eigenvalue weighted by Crippen LogP contribution is -2.12. The highest BCUT2D eigenvalue weighted by molar-refractivity contribution is 9.10. The summed E-state index contributed by atoms with van der Waals surface area (Å²) in [4.78, 5) is 15.9. The number of rotatable bonds is 2. The van der Waals surface area contributed by atoms with Crippen LogP contribution in [0.25, 0.3) is 0 Å². The molecule has 2 rings (SSSR count). The van der Waals surface area contributed by atoms with E-state index in [-0.39, 0.29) is 5.91 Å². The average Bonchev–Trinajstić information content (AvgIpc) is 2.32. The highest BCUT2D eigenvalue weighted by atomic mass is 79.9. The molecule has 1 heterocycles. The van der Waals surface area contributed by atoms with Crippen LogP contribution in [-0.2, 0) is 0 Å². The number of benzene rings is 1. The number of carbonyl (C=O) groups excluding carboxylic acids is 1. The van der Waals surface area contributed by atoms with Crippen molar-refractivity contribution in [3.05, 3.63) is 56.7 Å². The fourth-order valence-corrected chi connectivity index (χ4v) is 2.24. The maximum Gasteiger partial charge on any atom is 0.257 e. The Bertz CT molecular complexity index is 604. The largest absolute Gasteiger partial charge is 0.319 e. The Morgan fingerprint density at radius 2 is 2.00 bits per heavy atom. The average molecular weight is 346 g/mol. The maximum atomic E-state index is 12.0. The predicted octanol–water partition coefficient (Wildman–Crippen LogP) is 4.40. The topological polar surface area (TPSA) is 42.0 Å². The van der Waals surface area contributed by atoms with Crippen molar-refractivity contribution in [2.45, 2.75) is 0 Å². The minimum absolute atomic E-state index is 0.331. The van der Waals surface area contributed by atoms with Crippen LogP contribution in [0, 0.1) is 0 Å². The van der Waals surface area contributed by atoms with Crippen molar-refractivity contribution in [3.63, 3.8) is 0 Å². The zero-order chi connectivity index (χ0) is 13.1. The van der Waals surface area contributed by atoms with E-state index in [1.165, 1.54) is 6.20 Å². The van der Waals surface area contributed by atoms with Gasteiger partial charge in [-0.2, -0.15) is 0 Å². The molecule has 1 amide bonds. The van der Waals surface area contributed by atoms with Crippen molar-refractivity contribution in [2.75, 3.05) is 5.32 Å². The molecular weight excluding hydrogens is 339 g/mol. The van der Waals surface area contributed by atoms with Crippen LogP contribution < -0.4 is 5.32 Å². The lowest BCUT2D eigenvalue weighted by atomic mass is 10.2. The fraction of sp³-hybridized carbons (Fsp3) is 0. The van der Waals surface area contributed by atoms with Crippen LogP contribution in [0.5, 0.6) is 0 Å². The molecule has 18 heavy (non-hydrogen) atoms. The van der Waals surface area contributed by atoms with Gasteiger partial charge >= 0.3 is 0 Å². The normalized spacial score (nSPS) is 10.2. The number of anilines is 1. The summed E-state index contributed by atoms with van der Waals surface area (Å²) < 4.78 is 0.809. The molecule has 0 aliphatic rings. The Kier molecular flexibility index (Phi) is 4.22. The van der Waals surface area contributed by atoms with Crippen LogP contribution in [-0.4, -0.2) is 10.9 Å². The van der Waals surface area contributed by atoms with E-state index in [2.05, 4.69) is 26.2 Å². The molecule has 3 nitrogen and oxygen atoms in total. The quantitative estimate of drug-likeness (QED) is 0.876. The molecule has 0 fully saturated rings. The van der Waals surface area contributed by atoms with E-state index in [0.29, 0.717) is 21.3 Å². The molecule has 0 saturated heterocycles. The molecule has 1 aromatic carbocycles. The molecular formula is C12H7BrCl2N2O. The van der Waals surface area contributed by atoms with Crippen LogP contribution in [0.1, 0.15) is 10.4 Å². The summed E-state index contributed by atoms with van der Waals surface area (Å²) in [7, 11) is 0. The van der Waals surface area contributed by atoms with Crippen molar-refractivity contribution >= 4 is 50.7 Å². The number of carbonyl (C=O) groups is 1. The van der Waals surface area contributed by atoms with Gasteiger partial charge < -0.3 is 5.32 Å². The fourth-order valence-electron chi connectivity index (χ4n) is 1.33. The van der Waals surface area contributed by atoms with Gasteiger partial charge in [0.25, 0.3) is 5.91 Å². The molecule has 0 radical (unpaired) electrons. The lowest BCUT2D eigenvalue weighted by molar-refractivity contribution is 0.102. The van der Waals surface area contributed by atoms with Gasteiger partial charge in [-0.05, 0) is 24.3 Å². The lowest BCUT2D eigenvalue weighted by Gasteiger charge is -2.07. The van der Waals surface area contributed by atoms with Crippen LogP contribution in [0.3, 0.4) is 0 Å². The molecule has 6 heteroatoms. The van der Waals surface area contributed by atoms with Gasteiger partial charge in [-0.3, -0.25) is 9.78 Å². The molecule has 0 unspecified atom stereocenters. The van der Waals surface area contributed by atoms with Crippen molar-refractivity contribution in [1.82, 2.24) is 4.98 Å². The van der Waals surface area contributed by atoms with Gasteiger partial charge in [0, 0.05) is 10.7 Å². The maximum absolute atomic E-state index is 12.0. The van der Waals surface area contributed by atoms with Crippen molar-refractivity contribution in [2.24, 2.45) is 0 Å². The number of pyridine rings is 1. The molecule has 0 bridgehead atoms. The van der Waals surface area contributed by atoms with Gasteiger partial charge in [-0.25, -0.2) is 0 Å². The van der Waals surface area contributed by atoms with Crippen LogP contribution in [0.4, 0.5) is 5.69 Å². The summed E-state index contributed by atoms with van der Waals surface area (Å²) in [5, 5.41) is 3.44. The Balaban J connectivity index is 2.25. The molecule has 0 aliphatic carbocycles. The number of nitrogens with one attached hydrogen (secondary N) is 1. The second kappa shape index (κ2) is 5.69. The summed E-state index contributed by atoms with van der Waals surface area (Å²) in [6.45, 7) is 0. The minimum Gasteiger partial charge on any atom is -0.319 e. The van der Waals surface area contributed by atoms with Gasteiger partial charge in [-0.15, -0.1) is 0 Å². The van der Waals surface area contributed by atoms with E-state index >= 15 is 0 Å². The van der Waals surface area contributed by atoms with Crippen molar-refractivity contribution in [3.8, 4) is 0 Å². The highest BCUT2D eigenvalue weighted by Gasteiger charge is 2.12. The molecule has 0 aliphatic heterocycles. The first-order chi connectivity index (χ1) is 8.58. The van der Waals surface area contributed by atoms with Crippen LogP contribution in [0.2, 0.25) is 10.0 Å². The highest BCUT2D eigenvalue weighted by Crippen LogP contribution is 2.24. The first-order valence-electron chi connectivity index (χ1n) is 4.94. The van der Waals surface area contributed by atoms with E-state index in [9.17, 15) is 4.79 Å². The number of hydrogen-bond donors (Lipinski definition) is 1. The number of aromatic nitrogens is 1. The third-order valence-corrected chi connectivity index (χ3v) is 3.33. The molecule has 0 spiro atoms. The first kappa shape index (κ1) is 13.3. The molecule has 0 atom stereocenters. The van der Waals surface area contributed by atoms with Gasteiger partial charge in [0.05, 0.1) is 27.5 Å². The molecule has 1 N–H and O–H groups in total. The predicted molar refractivity (Wildman–Crippen MR) is 76.4 cm³/mol. The SMILES string of the molecule is O=C(Nc1cnccc1Cl)c1ccc(Br)cc1Cl. The van der Waals surface area contributed by atoms with Gasteiger partial charge in [0.15, 0.2) is 0 Å². The van der Waals surface area contributed by atoms with E-state index in [1.807, 2.05) is 0 Å². The number of halogens is 3. The Morgan fingerprint density at radius 1 is 1.22 bits per heavy atom. The summed E-state index contributed by atoms with van der Waals surface area (Å²) in [6.07, 6.45) is 3.03. The zero-order valence-corrected chi connectivity index (χ0v) is 12.1. The monoisotopic (exact) mass is 344 g/mol. The summed E-state index contributed by atoms with van der Waals surface area (Å²) in [5.74, 6) is -0.331. The summed E-state index contributed by atoms with van der Waals surface area (Å²) >= 11 is 15.2.